The number of hydrogen-bond acceptors (Lipinski definition) is 8. The lowest BCUT2D eigenvalue weighted by Gasteiger charge is -2.31. The third kappa shape index (κ3) is 3.94. The van der Waals surface area contributed by atoms with Crippen LogP contribution in [0.5, 0.6) is 0 Å². The normalized spacial score (nSPS) is 15.4. The summed E-state index contributed by atoms with van der Waals surface area (Å²) in [6, 6.07) is 5.71. The predicted molar refractivity (Wildman–Crippen MR) is 102 cm³/mol. The molecule has 2 aromatic rings. The van der Waals surface area contributed by atoms with Crippen molar-refractivity contribution in [2.75, 3.05) is 25.6 Å². The summed E-state index contributed by atoms with van der Waals surface area (Å²) in [7, 11) is 1.46. The molecule has 1 aromatic carbocycles. The third-order valence-electron chi connectivity index (χ3n) is 4.36. The van der Waals surface area contributed by atoms with E-state index in [1.165, 1.54) is 31.4 Å². The Labute approximate surface area is 163 Å². The van der Waals surface area contributed by atoms with Crippen LogP contribution in [-0.4, -0.2) is 40.8 Å². The highest BCUT2D eigenvalue weighted by Gasteiger charge is 2.34. The zero-order valence-corrected chi connectivity index (χ0v) is 15.6. The van der Waals surface area contributed by atoms with E-state index in [1.54, 1.807) is 13.0 Å². The van der Waals surface area contributed by atoms with E-state index in [4.69, 9.17) is 9.47 Å². The van der Waals surface area contributed by atoms with Crippen LogP contribution < -0.4 is 16.6 Å². The molecule has 0 unspecified atom stereocenters. The SMILES string of the molecule is COCCOC(=O)C1=C(C)Nc2cc(=O)[nH]c(=O)n2[C@@H]1c1cccc([N+](=O)[O-])c1. The summed E-state index contributed by atoms with van der Waals surface area (Å²) in [5.74, 6) is -0.562. The van der Waals surface area contributed by atoms with Gasteiger partial charge in [0.2, 0.25) is 0 Å². The highest BCUT2D eigenvalue weighted by molar-refractivity contribution is 5.92. The summed E-state index contributed by atoms with van der Waals surface area (Å²) in [5, 5.41) is 14.1. The predicted octanol–water partition coefficient (Wildman–Crippen LogP) is 0.923. The first-order chi connectivity index (χ1) is 13.8. The Balaban J connectivity index is 2.20. The quantitative estimate of drug-likeness (QED) is 0.314. The Morgan fingerprint density at radius 1 is 1.28 bits per heavy atom. The molecular weight excluding hydrogens is 384 g/mol. The third-order valence-corrected chi connectivity index (χ3v) is 4.36. The second-order valence-corrected chi connectivity index (χ2v) is 6.24. The molecule has 1 aromatic heterocycles. The van der Waals surface area contributed by atoms with Gasteiger partial charge in [0.05, 0.1) is 23.1 Å². The molecule has 2 N–H and O–H groups in total. The standard InChI is InChI=1S/C18H18N4O7/c1-10-15(17(24)29-7-6-28-2)16(11-4-3-5-12(8-11)22(26)27)21-13(19-10)9-14(23)20-18(21)25/h3-5,8-9,16,19H,6-7H2,1-2H3,(H,20,23,25)/t16-/m1/s1. The van der Waals surface area contributed by atoms with Crippen LogP contribution in [0.1, 0.15) is 18.5 Å². The Hall–Kier alpha value is -3.73. The minimum atomic E-state index is -1.04. The van der Waals surface area contributed by atoms with E-state index in [2.05, 4.69) is 10.3 Å². The average Bonchev–Trinajstić information content (AvgIpc) is 2.66. The van der Waals surface area contributed by atoms with Gasteiger partial charge in [-0.15, -0.1) is 0 Å². The Morgan fingerprint density at radius 2 is 2.03 bits per heavy atom. The molecule has 0 fully saturated rings. The van der Waals surface area contributed by atoms with Gasteiger partial charge in [-0.1, -0.05) is 12.1 Å². The summed E-state index contributed by atoms with van der Waals surface area (Å²) < 4.78 is 11.2. The summed E-state index contributed by atoms with van der Waals surface area (Å²) in [6.45, 7) is 1.75. The summed E-state index contributed by atoms with van der Waals surface area (Å²) in [5.41, 5.74) is -0.840. The molecule has 2 heterocycles. The minimum absolute atomic E-state index is 0.0127. The van der Waals surface area contributed by atoms with Gasteiger partial charge in [0.1, 0.15) is 12.4 Å². The first-order valence-electron chi connectivity index (χ1n) is 8.57. The van der Waals surface area contributed by atoms with Crippen molar-refractivity contribution in [1.82, 2.24) is 9.55 Å². The molecule has 0 amide bonds. The number of hydrogen-bond donors (Lipinski definition) is 2. The van der Waals surface area contributed by atoms with Crippen molar-refractivity contribution in [3.8, 4) is 0 Å². The van der Waals surface area contributed by atoms with Crippen molar-refractivity contribution < 1.29 is 19.2 Å². The van der Waals surface area contributed by atoms with Crippen LogP contribution in [-0.2, 0) is 14.3 Å². The van der Waals surface area contributed by atoms with Crippen LogP contribution >= 0.6 is 0 Å². The number of benzene rings is 1. The maximum absolute atomic E-state index is 12.8. The molecule has 1 aliphatic heterocycles. The Kier molecular flexibility index (Phi) is 5.59. The number of aromatic amines is 1. The van der Waals surface area contributed by atoms with Crippen LogP contribution in [0.4, 0.5) is 11.5 Å². The molecular formula is C18H18N4O7. The molecule has 0 saturated carbocycles. The summed E-state index contributed by atoms with van der Waals surface area (Å²) >= 11 is 0. The Morgan fingerprint density at radius 3 is 2.72 bits per heavy atom. The fourth-order valence-corrected chi connectivity index (χ4v) is 3.14. The molecule has 29 heavy (non-hydrogen) atoms. The lowest BCUT2D eigenvalue weighted by molar-refractivity contribution is -0.384. The van der Waals surface area contributed by atoms with E-state index in [-0.39, 0.29) is 30.3 Å². The van der Waals surface area contributed by atoms with Crippen molar-refractivity contribution in [2.45, 2.75) is 13.0 Å². The number of anilines is 1. The van der Waals surface area contributed by atoms with Gasteiger partial charge in [-0.2, -0.15) is 0 Å². The van der Waals surface area contributed by atoms with Crippen molar-refractivity contribution >= 4 is 17.5 Å². The smallest absolute Gasteiger partial charge is 0.338 e. The first-order valence-corrected chi connectivity index (χ1v) is 8.57. The molecule has 152 valence electrons. The van der Waals surface area contributed by atoms with Gasteiger partial charge in [0.15, 0.2) is 0 Å². The largest absolute Gasteiger partial charge is 0.460 e. The Bertz CT molecular complexity index is 1120. The number of nitro benzene ring substituents is 1. The van der Waals surface area contributed by atoms with E-state index in [0.29, 0.717) is 11.3 Å². The maximum Gasteiger partial charge on any atom is 0.338 e. The molecule has 0 bridgehead atoms. The zero-order chi connectivity index (χ0) is 21.1. The van der Waals surface area contributed by atoms with Crippen molar-refractivity contribution in [3.63, 3.8) is 0 Å². The van der Waals surface area contributed by atoms with Gasteiger partial charge >= 0.3 is 11.7 Å². The van der Waals surface area contributed by atoms with Gasteiger partial charge in [-0.05, 0) is 12.5 Å². The summed E-state index contributed by atoms with van der Waals surface area (Å²) in [4.78, 5) is 49.8. The highest BCUT2D eigenvalue weighted by Crippen LogP contribution is 2.35. The van der Waals surface area contributed by atoms with Crippen LogP contribution in [0.25, 0.3) is 0 Å². The minimum Gasteiger partial charge on any atom is -0.460 e. The molecule has 0 radical (unpaired) electrons. The topological polar surface area (TPSA) is 146 Å². The molecule has 1 atom stereocenters. The molecule has 0 saturated heterocycles. The fourth-order valence-electron chi connectivity index (χ4n) is 3.14. The molecule has 1 aliphatic rings. The van der Waals surface area contributed by atoms with Crippen LogP contribution in [0.15, 0.2) is 51.2 Å². The molecule has 11 heteroatoms. The van der Waals surface area contributed by atoms with Gasteiger partial charge in [-0.25, -0.2) is 9.59 Å². The summed E-state index contributed by atoms with van der Waals surface area (Å²) in [6.07, 6.45) is 0. The van der Waals surface area contributed by atoms with E-state index >= 15 is 0 Å². The monoisotopic (exact) mass is 402 g/mol. The number of fused-ring (bicyclic) bond motifs is 1. The fraction of sp³-hybridized carbons (Fsp3) is 0.278. The van der Waals surface area contributed by atoms with Gasteiger partial charge in [-0.3, -0.25) is 24.5 Å². The van der Waals surface area contributed by atoms with Crippen LogP contribution in [0.2, 0.25) is 0 Å². The number of nitro groups is 1. The van der Waals surface area contributed by atoms with Gasteiger partial charge in [0.25, 0.3) is 11.2 Å². The van der Waals surface area contributed by atoms with E-state index in [9.17, 15) is 24.5 Å². The molecule has 3 rings (SSSR count). The second-order valence-electron chi connectivity index (χ2n) is 6.24. The van der Waals surface area contributed by atoms with Crippen molar-refractivity contribution in [2.24, 2.45) is 0 Å². The highest BCUT2D eigenvalue weighted by atomic mass is 16.6. The van der Waals surface area contributed by atoms with Crippen LogP contribution in [0, 0.1) is 10.1 Å². The van der Waals surface area contributed by atoms with Crippen LogP contribution in [0.3, 0.4) is 0 Å². The number of rotatable bonds is 6. The first kappa shape index (κ1) is 20.0. The lowest BCUT2D eigenvalue weighted by Crippen LogP contribution is -2.40. The number of methoxy groups -OCH3 is 1. The second kappa shape index (κ2) is 8.10. The zero-order valence-electron chi connectivity index (χ0n) is 15.6. The number of allylic oxidation sites excluding steroid dienone is 1. The molecule has 11 nitrogen and oxygen atoms in total. The number of ether oxygens (including phenoxy) is 2. The lowest BCUT2D eigenvalue weighted by atomic mass is 9.94. The molecule has 0 aliphatic carbocycles. The number of carbonyl (C=O) groups is 1. The van der Waals surface area contributed by atoms with Crippen molar-refractivity contribution in [3.05, 3.63) is 78.1 Å². The number of esters is 1. The number of non-ortho nitro benzene ring substituents is 1. The number of nitrogens with zero attached hydrogens (tertiary/aromatic N) is 2. The molecule has 0 spiro atoms. The van der Waals surface area contributed by atoms with Gasteiger partial charge in [0, 0.05) is 31.0 Å². The van der Waals surface area contributed by atoms with E-state index in [0.717, 1.165) is 4.57 Å². The van der Waals surface area contributed by atoms with E-state index in [1.807, 2.05) is 0 Å². The average molecular weight is 402 g/mol. The van der Waals surface area contributed by atoms with Crippen molar-refractivity contribution in [1.29, 1.82) is 0 Å². The number of carbonyl (C=O) groups excluding carboxylic acids is 1. The number of nitrogens with one attached hydrogen (secondary N) is 2. The van der Waals surface area contributed by atoms with E-state index < -0.39 is 28.2 Å². The van der Waals surface area contributed by atoms with Gasteiger partial charge < -0.3 is 14.8 Å². The number of aromatic nitrogens is 2. The maximum atomic E-state index is 12.8. The number of H-pyrrole nitrogens is 1.